The highest BCUT2D eigenvalue weighted by molar-refractivity contribution is 4.60. The molecule has 6 nitrogen and oxygen atoms in total. The van der Waals surface area contributed by atoms with Crippen molar-refractivity contribution in [3.8, 4) is 0 Å². The van der Waals surface area contributed by atoms with Crippen LogP contribution >= 0.6 is 0 Å². The molecule has 2 aliphatic rings. The fourth-order valence-electron chi connectivity index (χ4n) is 2.72. The molecular weight excluding hydrogens is 288 g/mol. The van der Waals surface area contributed by atoms with Crippen molar-refractivity contribution in [2.24, 2.45) is 11.8 Å². The normalized spacial score (nSPS) is 19.6. The summed E-state index contributed by atoms with van der Waals surface area (Å²) < 4.78 is 0. The highest BCUT2D eigenvalue weighted by Crippen LogP contribution is 2.22. The number of hydrogen-bond acceptors (Lipinski definition) is 6. The quantitative estimate of drug-likeness (QED) is 0.321. The molecule has 2 N–H and O–H groups in total. The van der Waals surface area contributed by atoms with E-state index in [1.165, 1.54) is 64.2 Å². The van der Waals surface area contributed by atoms with E-state index in [0.717, 1.165) is 11.8 Å². The minimum absolute atomic E-state index is 0.427. The summed E-state index contributed by atoms with van der Waals surface area (Å²) in [5.74, 6) is 2.07. The molecule has 0 heterocycles. The predicted octanol–water partition coefficient (Wildman–Crippen LogP) is 5.00. The van der Waals surface area contributed by atoms with Gasteiger partial charge in [0, 0.05) is 0 Å². The smallest absolute Gasteiger partial charge is 0.214 e. The van der Waals surface area contributed by atoms with Crippen LogP contribution in [-0.2, 0) is 19.6 Å². The molecule has 0 amide bonds. The maximum absolute atomic E-state index is 7.56. The summed E-state index contributed by atoms with van der Waals surface area (Å²) in [6.07, 6.45) is 14.9. The lowest BCUT2D eigenvalue weighted by atomic mass is 9.91. The third kappa shape index (κ3) is 16.1. The van der Waals surface area contributed by atoms with Gasteiger partial charge >= 0.3 is 0 Å². The van der Waals surface area contributed by atoms with E-state index >= 15 is 0 Å². The van der Waals surface area contributed by atoms with Gasteiger partial charge in [0.2, 0.25) is 13.6 Å². The van der Waals surface area contributed by atoms with Crippen molar-refractivity contribution < 1.29 is 30.1 Å². The zero-order valence-corrected chi connectivity index (χ0v) is 14.2. The molecule has 0 unspecified atom stereocenters. The molecule has 2 aliphatic carbocycles. The van der Waals surface area contributed by atoms with Gasteiger partial charge in [-0.1, -0.05) is 78.1 Å². The fourth-order valence-corrected chi connectivity index (χ4v) is 2.72. The van der Waals surface area contributed by atoms with Gasteiger partial charge in [-0.05, 0) is 11.8 Å². The van der Waals surface area contributed by atoms with Crippen LogP contribution in [0.4, 0.5) is 0 Å². The van der Waals surface area contributed by atoms with Crippen LogP contribution in [0.3, 0.4) is 0 Å². The van der Waals surface area contributed by atoms with Crippen LogP contribution in [0.15, 0.2) is 0 Å². The van der Waals surface area contributed by atoms with Crippen LogP contribution in [0.1, 0.15) is 78.1 Å². The van der Waals surface area contributed by atoms with Crippen molar-refractivity contribution in [1.29, 1.82) is 0 Å². The molecular formula is C16H34O6. The summed E-state index contributed by atoms with van der Waals surface area (Å²) in [5.41, 5.74) is 0. The minimum Gasteiger partial charge on any atom is -0.249 e. The molecule has 2 rings (SSSR count). The Bertz CT molecular complexity index is 181. The third-order valence-corrected chi connectivity index (χ3v) is 4.07. The van der Waals surface area contributed by atoms with E-state index < -0.39 is 13.6 Å². The van der Waals surface area contributed by atoms with Crippen molar-refractivity contribution in [1.82, 2.24) is 0 Å². The molecule has 2 fully saturated rings. The highest BCUT2D eigenvalue weighted by Gasteiger charge is 2.06. The Balaban J connectivity index is 0.000000301. The molecule has 0 saturated heterocycles. The first-order chi connectivity index (χ1) is 10.7. The summed E-state index contributed by atoms with van der Waals surface area (Å²) in [6, 6.07) is 0. The molecule has 0 aromatic carbocycles. The molecule has 0 aromatic heterocycles. The van der Waals surface area contributed by atoms with Crippen LogP contribution in [0.2, 0.25) is 0 Å². The van der Waals surface area contributed by atoms with E-state index in [1.54, 1.807) is 0 Å². The van der Waals surface area contributed by atoms with Gasteiger partial charge in [0.25, 0.3) is 0 Å². The monoisotopic (exact) mass is 322 g/mol. The molecule has 0 aromatic rings. The Morgan fingerprint density at radius 1 is 0.636 bits per heavy atom. The standard InChI is InChI=1S/2C7H14.C2H6O6/c2*1-7-5-3-2-4-6-7;3-5-1-7-8-2-6-4/h2*7H,2-6H2,1H3;3-4H,1-2H2. The summed E-state index contributed by atoms with van der Waals surface area (Å²) in [7, 11) is 0. The van der Waals surface area contributed by atoms with Gasteiger partial charge in [0.15, 0.2) is 0 Å². The van der Waals surface area contributed by atoms with Gasteiger partial charge in [-0.3, -0.25) is 0 Å². The first kappa shape index (κ1) is 21.8. The fraction of sp³-hybridized carbons (Fsp3) is 1.00. The van der Waals surface area contributed by atoms with Gasteiger partial charge in [0.05, 0.1) is 0 Å². The average molecular weight is 322 g/mol. The second-order valence-corrected chi connectivity index (χ2v) is 6.22. The van der Waals surface area contributed by atoms with Crippen molar-refractivity contribution in [3.05, 3.63) is 0 Å². The molecule has 22 heavy (non-hydrogen) atoms. The average Bonchev–Trinajstić information content (AvgIpc) is 2.54. The maximum Gasteiger partial charge on any atom is 0.214 e. The molecule has 6 heteroatoms. The van der Waals surface area contributed by atoms with Crippen LogP contribution < -0.4 is 0 Å². The van der Waals surface area contributed by atoms with Gasteiger partial charge in [-0.25, -0.2) is 30.1 Å². The van der Waals surface area contributed by atoms with Crippen molar-refractivity contribution in [3.63, 3.8) is 0 Å². The van der Waals surface area contributed by atoms with E-state index in [1.807, 2.05) is 0 Å². The summed E-state index contributed by atoms with van der Waals surface area (Å²) in [6.45, 7) is 3.87. The topological polar surface area (TPSA) is 77.4 Å². The summed E-state index contributed by atoms with van der Waals surface area (Å²) in [4.78, 5) is 14.7. The zero-order valence-electron chi connectivity index (χ0n) is 14.2. The molecule has 134 valence electrons. The van der Waals surface area contributed by atoms with Crippen molar-refractivity contribution >= 4 is 0 Å². The first-order valence-corrected chi connectivity index (χ1v) is 8.47. The van der Waals surface area contributed by atoms with E-state index in [9.17, 15) is 0 Å². The van der Waals surface area contributed by atoms with Crippen molar-refractivity contribution in [2.45, 2.75) is 78.1 Å². The number of rotatable bonds is 5. The lowest BCUT2D eigenvalue weighted by Gasteiger charge is -2.15. The van der Waals surface area contributed by atoms with Crippen molar-refractivity contribution in [2.75, 3.05) is 13.6 Å². The second kappa shape index (κ2) is 17.1. The third-order valence-electron chi connectivity index (χ3n) is 4.07. The zero-order chi connectivity index (χ0) is 16.5. The van der Waals surface area contributed by atoms with Crippen LogP contribution in [-0.4, -0.2) is 24.1 Å². The van der Waals surface area contributed by atoms with Gasteiger partial charge in [-0.15, -0.1) is 0 Å². The molecule has 0 spiro atoms. The van der Waals surface area contributed by atoms with Crippen LogP contribution in [0, 0.1) is 11.8 Å². The highest BCUT2D eigenvalue weighted by atomic mass is 17.3. The van der Waals surface area contributed by atoms with Gasteiger partial charge < -0.3 is 0 Å². The second-order valence-electron chi connectivity index (χ2n) is 6.22. The Morgan fingerprint density at radius 3 is 1.14 bits per heavy atom. The molecule has 0 aliphatic heterocycles. The molecule has 0 bridgehead atoms. The largest absolute Gasteiger partial charge is 0.249 e. The van der Waals surface area contributed by atoms with Gasteiger partial charge in [0.1, 0.15) is 0 Å². The Labute approximate surface area is 134 Å². The van der Waals surface area contributed by atoms with Crippen LogP contribution in [0.25, 0.3) is 0 Å². The maximum atomic E-state index is 7.56. The molecule has 0 atom stereocenters. The molecule has 2 saturated carbocycles. The molecule has 0 radical (unpaired) electrons. The van der Waals surface area contributed by atoms with Gasteiger partial charge in [-0.2, -0.15) is 0 Å². The van der Waals surface area contributed by atoms with Crippen LogP contribution in [0.5, 0.6) is 0 Å². The Kier molecular flexibility index (Phi) is 16.9. The summed E-state index contributed by atoms with van der Waals surface area (Å²) >= 11 is 0. The Hall–Kier alpha value is -0.240. The lowest BCUT2D eigenvalue weighted by Crippen LogP contribution is -2.01. The minimum atomic E-state index is -0.427. The van der Waals surface area contributed by atoms with E-state index in [0.29, 0.717) is 0 Å². The Morgan fingerprint density at radius 2 is 0.955 bits per heavy atom. The lowest BCUT2D eigenvalue weighted by molar-refractivity contribution is -0.449. The SMILES string of the molecule is CC1CCCCC1.CC1CCCCC1.OOCOOCOO. The predicted molar refractivity (Wildman–Crippen MR) is 83.8 cm³/mol. The summed E-state index contributed by atoms with van der Waals surface area (Å²) in [5, 5.41) is 15.1. The first-order valence-electron chi connectivity index (χ1n) is 8.47. The number of hydrogen-bond donors (Lipinski definition) is 2. The van der Waals surface area contributed by atoms with E-state index in [4.69, 9.17) is 10.5 Å². The van der Waals surface area contributed by atoms with E-state index in [2.05, 4.69) is 33.4 Å². The van der Waals surface area contributed by atoms with E-state index in [-0.39, 0.29) is 0 Å².